The Hall–Kier alpha value is -0.410. The molecule has 0 aliphatic heterocycles. The van der Waals surface area contributed by atoms with Crippen molar-refractivity contribution in [1.29, 1.82) is 0 Å². The van der Waals surface area contributed by atoms with Gasteiger partial charge in [-0.15, -0.1) is 0 Å². The Morgan fingerprint density at radius 3 is 2.13 bits per heavy atom. The molecule has 0 aromatic heterocycles. The van der Waals surface area contributed by atoms with Gasteiger partial charge < -0.3 is 4.74 Å². The lowest BCUT2D eigenvalue weighted by atomic mass is 10.3. The lowest BCUT2D eigenvalue weighted by molar-refractivity contribution is -0.124. The zero-order valence-corrected chi connectivity index (χ0v) is 10.4. The Morgan fingerprint density at radius 1 is 1.07 bits per heavy atom. The van der Waals surface area contributed by atoms with Crippen molar-refractivity contribution < 1.29 is 9.53 Å². The molecule has 3 heteroatoms. The summed E-state index contributed by atoms with van der Waals surface area (Å²) in [6.07, 6.45) is 3.17. The van der Waals surface area contributed by atoms with Crippen LogP contribution in [0, 0.1) is 0 Å². The number of carbonyl (C=O) groups is 1. The molecule has 0 N–H and O–H groups in total. The van der Waals surface area contributed by atoms with Gasteiger partial charge in [-0.2, -0.15) is 0 Å². The van der Waals surface area contributed by atoms with Gasteiger partial charge in [0.1, 0.15) is 6.61 Å². The van der Waals surface area contributed by atoms with Gasteiger partial charge in [-0.25, -0.2) is 0 Å². The standard InChI is InChI=1S/C12H25NO2/c1-4-7-13(8-5-2)10-12(14)11-15-9-6-3/h4-11H2,1-3H3. The first-order valence-electron chi connectivity index (χ1n) is 6.06. The molecule has 0 unspecified atom stereocenters. The van der Waals surface area contributed by atoms with E-state index in [-0.39, 0.29) is 12.4 Å². The lowest BCUT2D eigenvalue weighted by Gasteiger charge is -2.19. The highest BCUT2D eigenvalue weighted by atomic mass is 16.5. The van der Waals surface area contributed by atoms with E-state index in [1.54, 1.807) is 0 Å². The summed E-state index contributed by atoms with van der Waals surface area (Å²) in [7, 11) is 0. The van der Waals surface area contributed by atoms with E-state index in [4.69, 9.17) is 4.74 Å². The number of rotatable bonds is 10. The number of ketones is 1. The average Bonchev–Trinajstić information content (AvgIpc) is 2.19. The van der Waals surface area contributed by atoms with Crippen molar-refractivity contribution in [2.45, 2.75) is 40.0 Å². The van der Waals surface area contributed by atoms with Crippen molar-refractivity contribution in [1.82, 2.24) is 4.90 Å². The SMILES string of the molecule is CCCOCC(=O)CN(CCC)CCC. The van der Waals surface area contributed by atoms with Crippen LogP contribution in [0.5, 0.6) is 0 Å². The molecule has 0 saturated carbocycles. The van der Waals surface area contributed by atoms with Crippen LogP contribution in [0.25, 0.3) is 0 Å². The highest BCUT2D eigenvalue weighted by molar-refractivity contribution is 5.81. The predicted octanol–water partition coefficient (Wildman–Crippen LogP) is 2.10. The van der Waals surface area contributed by atoms with Crippen LogP contribution in [0.4, 0.5) is 0 Å². The molecule has 15 heavy (non-hydrogen) atoms. The Bertz CT molecular complexity index is 154. The molecule has 0 aromatic carbocycles. The van der Waals surface area contributed by atoms with E-state index >= 15 is 0 Å². The summed E-state index contributed by atoms with van der Waals surface area (Å²) in [5.41, 5.74) is 0. The normalized spacial score (nSPS) is 10.9. The highest BCUT2D eigenvalue weighted by Crippen LogP contribution is 1.95. The quantitative estimate of drug-likeness (QED) is 0.523. The molecule has 0 atom stereocenters. The molecule has 0 aliphatic rings. The Labute approximate surface area is 93.8 Å². The van der Waals surface area contributed by atoms with Crippen molar-refractivity contribution in [2.75, 3.05) is 32.8 Å². The third-order valence-corrected chi connectivity index (χ3v) is 2.09. The first-order valence-corrected chi connectivity index (χ1v) is 6.06. The van der Waals surface area contributed by atoms with Crippen LogP contribution >= 0.6 is 0 Å². The number of Topliss-reactive ketones (excluding diaryl/α,β-unsaturated/α-hetero) is 1. The van der Waals surface area contributed by atoms with E-state index < -0.39 is 0 Å². The van der Waals surface area contributed by atoms with E-state index in [9.17, 15) is 4.79 Å². The zero-order valence-electron chi connectivity index (χ0n) is 10.4. The summed E-state index contributed by atoms with van der Waals surface area (Å²) in [6.45, 7) is 9.85. The monoisotopic (exact) mass is 215 g/mol. The Kier molecular flexibility index (Phi) is 9.84. The second-order valence-corrected chi connectivity index (χ2v) is 3.87. The van der Waals surface area contributed by atoms with Crippen LogP contribution in [-0.2, 0) is 9.53 Å². The molecule has 90 valence electrons. The Morgan fingerprint density at radius 2 is 1.67 bits per heavy atom. The van der Waals surface area contributed by atoms with Crippen molar-refractivity contribution in [2.24, 2.45) is 0 Å². The van der Waals surface area contributed by atoms with Crippen molar-refractivity contribution >= 4 is 5.78 Å². The number of hydrogen-bond donors (Lipinski definition) is 0. The second-order valence-electron chi connectivity index (χ2n) is 3.87. The van der Waals surface area contributed by atoms with Gasteiger partial charge in [0.2, 0.25) is 0 Å². The zero-order chi connectivity index (χ0) is 11.5. The largest absolute Gasteiger partial charge is 0.374 e. The maximum Gasteiger partial charge on any atom is 0.172 e. The van der Waals surface area contributed by atoms with Gasteiger partial charge in [-0.05, 0) is 32.4 Å². The van der Waals surface area contributed by atoms with Crippen LogP contribution in [0.3, 0.4) is 0 Å². The van der Waals surface area contributed by atoms with Crippen LogP contribution in [0.1, 0.15) is 40.0 Å². The maximum absolute atomic E-state index is 11.5. The van der Waals surface area contributed by atoms with Gasteiger partial charge >= 0.3 is 0 Å². The predicted molar refractivity (Wildman–Crippen MR) is 63.1 cm³/mol. The fourth-order valence-electron chi connectivity index (χ4n) is 1.53. The van der Waals surface area contributed by atoms with Crippen LogP contribution < -0.4 is 0 Å². The minimum atomic E-state index is 0.199. The molecule has 3 nitrogen and oxygen atoms in total. The molecule has 0 rings (SSSR count). The number of ether oxygens (including phenoxy) is 1. The number of carbonyl (C=O) groups excluding carboxylic acids is 1. The van der Waals surface area contributed by atoms with E-state index in [2.05, 4.69) is 18.7 Å². The van der Waals surface area contributed by atoms with Crippen molar-refractivity contribution in [3.8, 4) is 0 Å². The van der Waals surface area contributed by atoms with Gasteiger partial charge in [-0.1, -0.05) is 20.8 Å². The molecule has 0 saturated heterocycles. The van der Waals surface area contributed by atoms with E-state index in [0.29, 0.717) is 13.2 Å². The van der Waals surface area contributed by atoms with E-state index in [1.807, 2.05) is 6.92 Å². The first kappa shape index (κ1) is 14.6. The van der Waals surface area contributed by atoms with Crippen molar-refractivity contribution in [3.05, 3.63) is 0 Å². The molecule has 0 bridgehead atoms. The first-order chi connectivity index (χ1) is 7.24. The molecule has 0 radical (unpaired) electrons. The summed E-state index contributed by atoms with van der Waals surface area (Å²) in [5.74, 6) is 0.199. The molecule has 0 fully saturated rings. The smallest absolute Gasteiger partial charge is 0.172 e. The third-order valence-electron chi connectivity index (χ3n) is 2.09. The minimum absolute atomic E-state index is 0.199. The van der Waals surface area contributed by atoms with E-state index in [0.717, 1.165) is 32.4 Å². The summed E-state index contributed by atoms with van der Waals surface area (Å²) in [6, 6.07) is 0. The van der Waals surface area contributed by atoms with Crippen LogP contribution in [-0.4, -0.2) is 43.5 Å². The maximum atomic E-state index is 11.5. The molecule has 0 spiro atoms. The third kappa shape index (κ3) is 8.58. The molecule has 0 amide bonds. The van der Waals surface area contributed by atoms with Gasteiger partial charge in [0.25, 0.3) is 0 Å². The van der Waals surface area contributed by atoms with Gasteiger partial charge in [-0.3, -0.25) is 9.69 Å². The van der Waals surface area contributed by atoms with Gasteiger partial charge in [0.05, 0.1) is 6.54 Å². The summed E-state index contributed by atoms with van der Waals surface area (Å²) in [4.78, 5) is 13.7. The molecular formula is C12H25NO2. The molecular weight excluding hydrogens is 190 g/mol. The minimum Gasteiger partial charge on any atom is -0.374 e. The summed E-state index contributed by atoms with van der Waals surface area (Å²) >= 11 is 0. The second kappa shape index (κ2) is 10.1. The molecule has 0 aromatic rings. The van der Waals surface area contributed by atoms with E-state index in [1.165, 1.54) is 0 Å². The lowest BCUT2D eigenvalue weighted by Crippen LogP contribution is -2.33. The number of nitrogens with zero attached hydrogens (tertiary/aromatic N) is 1. The molecule has 0 aliphatic carbocycles. The number of hydrogen-bond acceptors (Lipinski definition) is 3. The topological polar surface area (TPSA) is 29.5 Å². The highest BCUT2D eigenvalue weighted by Gasteiger charge is 2.08. The summed E-state index contributed by atoms with van der Waals surface area (Å²) in [5, 5.41) is 0. The molecule has 0 heterocycles. The van der Waals surface area contributed by atoms with Crippen molar-refractivity contribution in [3.63, 3.8) is 0 Å². The van der Waals surface area contributed by atoms with Crippen LogP contribution in [0.15, 0.2) is 0 Å². The van der Waals surface area contributed by atoms with Gasteiger partial charge in [0.15, 0.2) is 5.78 Å². The average molecular weight is 215 g/mol. The fraction of sp³-hybridized carbons (Fsp3) is 0.917. The van der Waals surface area contributed by atoms with Gasteiger partial charge in [0, 0.05) is 6.61 Å². The van der Waals surface area contributed by atoms with Crippen LogP contribution in [0.2, 0.25) is 0 Å². The fourth-order valence-corrected chi connectivity index (χ4v) is 1.53. The Balaban J connectivity index is 3.67. The summed E-state index contributed by atoms with van der Waals surface area (Å²) < 4.78 is 5.23.